The van der Waals surface area contributed by atoms with Crippen LogP contribution < -0.4 is 15.4 Å². The molecule has 2 aliphatic carbocycles. The molecule has 18 aromatic rings. The van der Waals surface area contributed by atoms with E-state index in [9.17, 15) is 33.6 Å². The molecule has 0 unspecified atom stereocenters. The highest BCUT2D eigenvalue weighted by Gasteiger charge is 2.39. The van der Waals surface area contributed by atoms with Crippen LogP contribution in [0.5, 0.6) is 0 Å². The zero-order valence-electron chi connectivity index (χ0n) is 58.0. The number of aromatic nitrogens is 2. The molecule has 0 spiro atoms. The molecule has 11 heteroatoms. The molecule has 0 saturated carbocycles. The Morgan fingerprint density at radius 1 is 0.239 bits per heavy atom. The summed E-state index contributed by atoms with van der Waals surface area (Å²) in [6, 6.07) is 100. The Morgan fingerprint density at radius 2 is 0.550 bits per heavy atom. The molecule has 0 saturated heterocycles. The first-order valence-electron chi connectivity index (χ1n) is 35.9. The van der Waals surface area contributed by atoms with Crippen molar-refractivity contribution in [3.63, 3.8) is 0 Å². The first-order valence-corrected chi connectivity index (χ1v) is 35.9. The monoisotopic (exact) mass is 1400 g/mol. The van der Waals surface area contributed by atoms with Crippen LogP contribution in [-0.2, 0) is 9.59 Å². The van der Waals surface area contributed by atoms with Crippen molar-refractivity contribution in [1.82, 2.24) is 9.38 Å². The maximum Gasteiger partial charge on any atom is 0.265 e. The molecule has 0 fully saturated rings. The van der Waals surface area contributed by atoms with E-state index < -0.39 is 0 Å². The van der Waals surface area contributed by atoms with Gasteiger partial charge in [0.25, 0.3) is 29.2 Å². The van der Waals surface area contributed by atoms with E-state index in [0.29, 0.717) is 66.7 Å². The second-order valence-corrected chi connectivity index (χ2v) is 27.5. The number of hydrogen-bond acceptors (Lipinski definition) is 8. The fourth-order valence-electron chi connectivity index (χ4n) is 16.7. The summed E-state index contributed by atoms with van der Waals surface area (Å²) in [6.07, 6.45) is 7.81. The average molecular weight is 1400 g/mol. The van der Waals surface area contributed by atoms with E-state index in [1.54, 1.807) is 72.8 Å². The van der Waals surface area contributed by atoms with Gasteiger partial charge < -0.3 is 0 Å². The molecule has 0 atom stereocenters. The smallest absolute Gasteiger partial charge is 0.265 e. The Kier molecular flexibility index (Phi) is 14.7. The number of amides is 4. The molecule has 0 N–H and O–H groups in total. The highest BCUT2D eigenvalue weighted by atomic mass is 16.2. The van der Waals surface area contributed by atoms with Gasteiger partial charge in [-0.25, -0.2) is 14.8 Å². The Labute approximate surface area is 621 Å². The Morgan fingerprint density at radius 3 is 0.927 bits per heavy atom. The maximum absolute atomic E-state index is 13.8. The number of carbonyl (C=O) groups is 6. The van der Waals surface area contributed by atoms with Gasteiger partial charge in [0.2, 0.25) is 0 Å². The Bertz CT molecular complexity index is 6720. The van der Waals surface area contributed by atoms with E-state index in [4.69, 9.17) is 4.98 Å². The third-order valence-electron chi connectivity index (χ3n) is 21.6. The van der Waals surface area contributed by atoms with Crippen LogP contribution in [0, 0.1) is 0 Å². The lowest BCUT2D eigenvalue weighted by atomic mass is 9.81. The van der Waals surface area contributed by atoms with Gasteiger partial charge in [-0.2, -0.15) is 0 Å². The maximum atomic E-state index is 13.8. The molecule has 16 aromatic carbocycles. The molecule has 4 aliphatic rings. The minimum absolute atomic E-state index is 0.00719. The lowest BCUT2D eigenvalue weighted by Crippen LogP contribution is -2.40. The van der Waals surface area contributed by atoms with Crippen LogP contribution in [0.1, 0.15) is 63.7 Å². The van der Waals surface area contributed by atoms with Gasteiger partial charge >= 0.3 is 0 Å². The predicted molar refractivity (Wildman–Crippen MR) is 438 cm³/mol. The van der Waals surface area contributed by atoms with Gasteiger partial charge in [-0.15, -0.1) is 0 Å². The third kappa shape index (κ3) is 9.91. The number of para-hydroxylation sites is 2. The first-order chi connectivity index (χ1) is 53.6. The van der Waals surface area contributed by atoms with E-state index in [0.717, 1.165) is 125 Å². The largest absolute Gasteiger partial charge is 0.289 e. The first kappa shape index (κ1) is 63.7. The van der Waals surface area contributed by atoms with Crippen LogP contribution in [0.15, 0.2) is 356 Å². The van der Waals surface area contributed by atoms with Crippen LogP contribution in [0.2, 0.25) is 0 Å². The number of carbonyl (C=O) groups excluding carboxylic acids is 6. The summed E-state index contributed by atoms with van der Waals surface area (Å²) in [7, 11) is 0. The van der Waals surface area contributed by atoms with E-state index >= 15 is 0 Å². The lowest BCUT2D eigenvalue weighted by molar-refractivity contribution is -0.109. The number of ketones is 2. The SMILES string of the molecule is O=C1C(c2ccccc2)=CC(=C2C=C(c3ccccc3)C(=O)C(c3ccccc3)=C2)C=C1c1ccccc1.O=C1c2ccc3c4ccc5c6c(ccc(c7ccc(c2c37)C(=O)N1c1ccccc1)c64)C(=O)N(c1ccccc1)C5=O.O=c1c2cccc3cccc(c32)c2nc3c4ccccc4c4ccccc4c3n12. The van der Waals surface area contributed by atoms with E-state index in [2.05, 4.69) is 48.5 Å². The summed E-state index contributed by atoms with van der Waals surface area (Å²) >= 11 is 0. The van der Waals surface area contributed by atoms with E-state index in [1.165, 1.54) is 9.80 Å². The number of pyridine rings is 1. The third-order valence-corrected chi connectivity index (χ3v) is 21.6. The topological polar surface area (TPSA) is 143 Å². The van der Waals surface area contributed by atoms with Gasteiger partial charge in [-0.05, 0) is 161 Å². The normalized spacial score (nSPS) is 14.3. The summed E-state index contributed by atoms with van der Waals surface area (Å²) in [5.41, 5.74) is 13.2. The van der Waals surface area contributed by atoms with Crippen molar-refractivity contribution in [3.8, 4) is 0 Å². The molecule has 22 rings (SSSR count). The Balaban J connectivity index is 0.000000109. The average Bonchev–Trinajstić information content (AvgIpc) is 1.35. The molecular weight excluding hydrogens is 1350 g/mol. The fraction of sp³-hybridized carbons (Fsp3) is 0. The van der Waals surface area contributed by atoms with Crippen molar-refractivity contribution >= 4 is 172 Å². The second-order valence-electron chi connectivity index (χ2n) is 27.5. The van der Waals surface area contributed by atoms with Crippen molar-refractivity contribution in [2.75, 3.05) is 9.80 Å². The molecule has 4 heterocycles. The molecule has 0 radical (unpaired) electrons. The van der Waals surface area contributed by atoms with Gasteiger partial charge in [-0.3, -0.25) is 38.0 Å². The quantitative estimate of drug-likeness (QED) is 0.0909. The predicted octanol–water partition coefficient (Wildman–Crippen LogP) is 21.0. The van der Waals surface area contributed by atoms with Gasteiger partial charge in [0.05, 0.1) is 22.4 Å². The molecule has 109 heavy (non-hydrogen) atoms. The number of Topliss-reactive ketones (excluding diaryl/α,β-unsaturated/α-hetero) is 2. The number of allylic oxidation sites excluding steroid dienone is 10. The van der Waals surface area contributed by atoms with E-state index in [1.807, 2.05) is 223 Å². The highest BCUT2D eigenvalue weighted by molar-refractivity contribution is 6.47. The summed E-state index contributed by atoms with van der Waals surface area (Å²) < 4.78 is 1.82. The van der Waals surface area contributed by atoms with Crippen LogP contribution in [-0.4, -0.2) is 44.6 Å². The standard InChI is InChI=1S/C36H18N2O4.C36H24O2.C26H14N2O/c39-33-25-15-11-21-23-13-17-27-32-28(36(42)38(35(27)41)20-9-5-2-6-10-20)18-14-24(30(23)32)22-12-16-26(31(25)29(21)22)34(40)37(33)19-7-3-1-4-8-19;37-35-31(25-13-5-1-6-14-25)21-29(22-32(35)26-15-7-2-8-16-26)30-23-33(27-17-9-3-10-18-27)36(38)34(24-30)28-19-11-4-12-20-28;29-26-21-14-6-8-15-7-5-13-20(22(15)21)25-27-23-18-11-3-1-9-16(18)17-10-2-4-12-19(17)24(23)28(25)26/h1-18H;1-24H;1-14H. The van der Waals surface area contributed by atoms with Crippen LogP contribution in [0.25, 0.3) is 125 Å². The zero-order chi connectivity index (χ0) is 73.3. The molecule has 2 aliphatic heterocycles. The van der Waals surface area contributed by atoms with Crippen molar-refractivity contribution in [3.05, 3.63) is 406 Å². The molecule has 2 aromatic heterocycles. The summed E-state index contributed by atoms with van der Waals surface area (Å²) in [6.45, 7) is 0. The van der Waals surface area contributed by atoms with Gasteiger partial charge in [-0.1, -0.05) is 261 Å². The van der Waals surface area contributed by atoms with Crippen molar-refractivity contribution in [1.29, 1.82) is 0 Å². The zero-order valence-corrected chi connectivity index (χ0v) is 58.0. The van der Waals surface area contributed by atoms with Gasteiger partial charge in [0.15, 0.2) is 11.6 Å². The number of rotatable bonds is 6. The summed E-state index contributed by atoms with van der Waals surface area (Å²) in [5.74, 6) is -1.49. The summed E-state index contributed by atoms with van der Waals surface area (Å²) in [5, 5.41) is 14.6. The number of fused-ring (bicyclic) bond motifs is 11. The number of imide groups is 2. The minimum atomic E-state index is -0.365. The lowest BCUT2D eigenvalue weighted by Gasteiger charge is -2.30. The van der Waals surface area contributed by atoms with Crippen LogP contribution >= 0.6 is 0 Å². The van der Waals surface area contributed by atoms with Crippen molar-refractivity contribution in [2.45, 2.75) is 0 Å². The number of benzene rings is 16. The van der Waals surface area contributed by atoms with Gasteiger partial charge in [0, 0.05) is 82.2 Å². The van der Waals surface area contributed by atoms with Gasteiger partial charge in [0.1, 0.15) is 5.65 Å². The van der Waals surface area contributed by atoms with Crippen LogP contribution in [0.4, 0.5) is 11.4 Å². The second kappa shape index (κ2) is 25.2. The highest BCUT2D eigenvalue weighted by Crippen LogP contribution is 2.48. The molecule has 11 nitrogen and oxygen atoms in total. The minimum Gasteiger partial charge on any atom is -0.289 e. The molecule has 510 valence electrons. The summed E-state index contributed by atoms with van der Waals surface area (Å²) in [4.78, 5) is 104. The molecular formula is C98H56N4O7. The molecule has 4 amide bonds. The number of nitrogens with zero attached hydrogens (tertiary/aromatic N) is 4. The van der Waals surface area contributed by atoms with Crippen molar-refractivity contribution in [2.24, 2.45) is 0 Å². The number of anilines is 2. The number of imidazole rings is 1. The number of hydrogen-bond donors (Lipinski definition) is 0. The fourth-order valence-corrected chi connectivity index (χ4v) is 16.7. The van der Waals surface area contributed by atoms with Crippen molar-refractivity contribution < 1.29 is 28.8 Å². The molecule has 0 bridgehead atoms. The van der Waals surface area contributed by atoms with E-state index in [-0.39, 0.29) is 40.8 Å². The van der Waals surface area contributed by atoms with Crippen LogP contribution in [0.3, 0.4) is 0 Å². The Hall–Kier alpha value is -14.9.